The fourth-order valence-corrected chi connectivity index (χ4v) is 4.53. The number of fused-ring (bicyclic) bond motifs is 6. The SMILES string of the molecule is Nc1ccc2c(c1Nc1ccccc1)C(=O)OC21c2ccccc2Oc2ccccc21. The van der Waals surface area contributed by atoms with E-state index in [1.807, 2.05) is 91.0 Å². The number of nitrogens with one attached hydrogen (secondary N) is 1. The molecule has 2 aliphatic heterocycles. The number of para-hydroxylation sites is 3. The van der Waals surface area contributed by atoms with Crippen molar-refractivity contribution in [3.8, 4) is 11.5 Å². The topological polar surface area (TPSA) is 73.6 Å². The van der Waals surface area contributed by atoms with Crippen molar-refractivity contribution in [2.24, 2.45) is 0 Å². The number of carbonyl (C=O) groups is 1. The Morgan fingerprint density at radius 1 is 0.710 bits per heavy atom. The van der Waals surface area contributed by atoms with Crippen molar-refractivity contribution in [1.29, 1.82) is 0 Å². The van der Waals surface area contributed by atoms with Crippen molar-refractivity contribution in [2.45, 2.75) is 5.60 Å². The molecular formula is C26H18N2O3. The summed E-state index contributed by atoms with van der Waals surface area (Å²) in [5, 5.41) is 3.32. The quantitative estimate of drug-likeness (QED) is 0.336. The van der Waals surface area contributed by atoms with Gasteiger partial charge in [0.15, 0.2) is 5.60 Å². The number of ether oxygens (including phenoxy) is 2. The number of nitrogens with two attached hydrogens (primary N) is 1. The van der Waals surface area contributed by atoms with Gasteiger partial charge in [-0.25, -0.2) is 4.79 Å². The zero-order valence-corrected chi connectivity index (χ0v) is 16.5. The van der Waals surface area contributed by atoms with E-state index in [0.717, 1.165) is 22.4 Å². The van der Waals surface area contributed by atoms with Crippen LogP contribution in [0, 0.1) is 0 Å². The molecule has 0 bridgehead atoms. The standard InChI is InChI=1S/C26H18N2O3/c27-20-15-14-19-23(24(20)28-16-8-2-1-3-9-16)25(29)31-26(19)17-10-4-6-12-21(17)30-22-13-7-5-11-18(22)26/h1-15,28H,27H2. The summed E-state index contributed by atoms with van der Waals surface area (Å²) in [6, 6.07) is 28.6. The van der Waals surface area contributed by atoms with Crippen molar-refractivity contribution < 1.29 is 14.3 Å². The van der Waals surface area contributed by atoms with Crippen LogP contribution < -0.4 is 15.8 Å². The first kappa shape index (κ1) is 17.6. The Hall–Kier alpha value is -4.25. The van der Waals surface area contributed by atoms with Gasteiger partial charge in [0, 0.05) is 22.4 Å². The molecule has 0 fully saturated rings. The zero-order valence-electron chi connectivity index (χ0n) is 16.5. The number of anilines is 3. The summed E-state index contributed by atoms with van der Waals surface area (Å²) < 4.78 is 12.4. The third kappa shape index (κ3) is 2.40. The minimum Gasteiger partial charge on any atom is -0.456 e. The van der Waals surface area contributed by atoms with Crippen molar-refractivity contribution in [3.63, 3.8) is 0 Å². The molecule has 0 unspecified atom stereocenters. The summed E-state index contributed by atoms with van der Waals surface area (Å²) >= 11 is 0. The van der Waals surface area contributed by atoms with Crippen LogP contribution in [-0.2, 0) is 10.3 Å². The van der Waals surface area contributed by atoms with E-state index >= 15 is 0 Å². The number of benzene rings is 4. The van der Waals surface area contributed by atoms with Crippen molar-refractivity contribution >= 4 is 23.0 Å². The smallest absolute Gasteiger partial charge is 0.342 e. The molecule has 150 valence electrons. The van der Waals surface area contributed by atoms with Crippen LogP contribution in [0.15, 0.2) is 91.0 Å². The number of rotatable bonds is 2. The molecule has 6 rings (SSSR count). The summed E-state index contributed by atoms with van der Waals surface area (Å²) in [7, 11) is 0. The lowest BCUT2D eigenvalue weighted by Gasteiger charge is -2.36. The van der Waals surface area contributed by atoms with E-state index in [-0.39, 0.29) is 0 Å². The molecule has 0 saturated heterocycles. The second kappa shape index (κ2) is 6.37. The van der Waals surface area contributed by atoms with Crippen molar-refractivity contribution in [2.75, 3.05) is 11.1 Å². The minimum atomic E-state index is -1.10. The third-order valence-electron chi connectivity index (χ3n) is 5.86. The highest BCUT2D eigenvalue weighted by Crippen LogP contribution is 2.57. The van der Waals surface area contributed by atoms with Gasteiger partial charge in [0.2, 0.25) is 0 Å². The van der Waals surface area contributed by atoms with Gasteiger partial charge in [0.25, 0.3) is 0 Å². The molecule has 0 amide bonds. The lowest BCUT2D eigenvalue weighted by atomic mass is 9.77. The van der Waals surface area contributed by atoms with E-state index in [9.17, 15) is 4.79 Å². The first-order valence-corrected chi connectivity index (χ1v) is 10.0. The predicted octanol–water partition coefficient (Wildman–Crippen LogP) is 5.58. The van der Waals surface area contributed by atoms with Crippen LogP contribution in [0.25, 0.3) is 0 Å². The van der Waals surface area contributed by atoms with Gasteiger partial charge in [-0.05, 0) is 30.3 Å². The van der Waals surface area contributed by atoms with Gasteiger partial charge in [0.1, 0.15) is 11.5 Å². The Balaban J connectivity index is 1.64. The Morgan fingerprint density at radius 2 is 1.32 bits per heavy atom. The average Bonchev–Trinajstić information content (AvgIpc) is 3.10. The second-order valence-corrected chi connectivity index (χ2v) is 7.61. The van der Waals surface area contributed by atoms with Gasteiger partial charge in [-0.3, -0.25) is 0 Å². The molecule has 0 radical (unpaired) electrons. The van der Waals surface area contributed by atoms with E-state index in [1.165, 1.54) is 0 Å². The van der Waals surface area contributed by atoms with Crippen LogP contribution in [0.4, 0.5) is 17.1 Å². The summed E-state index contributed by atoms with van der Waals surface area (Å²) in [6.45, 7) is 0. The molecule has 4 aromatic carbocycles. The first-order valence-electron chi connectivity index (χ1n) is 10.0. The first-order chi connectivity index (χ1) is 15.2. The minimum absolute atomic E-state index is 0.424. The average molecular weight is 406 g/mol. The van der Waals surface area contributed by atoms with Crippen molar-refractivity contribution in [3.05, 3.63) is 113 Å². The van der Waals surface area contributed by atoms with Crippen molar-refractivity contribution in [1.82, 2.24) is 0 Å². The van der Waals surface area contributed by atoms with Gasteiger partial charge in [-0.1, -0.05) is 60.7 Å². The fourth-order valence-electron chi connectivity index (χ4n) is 4.53. The molecule has 0 aliphatic carbocycles. The predicted molar refractivity (Wildman–Crippen MR) is 119 cm³/mol. The molecule has 3 N–H and O–H groups in total. The molecule has 0 saturated carbocycles. The Kier molecular flexibility index (Phi) is 3.62. The van der Waals surface area contributed by atoms with Crippen LogP contribution in [0.1, 0.15) is 27.0 Å². The maximum atomic E-state index is 13.4. The molecule has 5 nitrogen and oxygen atoms in total. The molecule has 0 atom stereocenters. The molecule has 5 heteroatoms. The Morgan fingerprint density at radius 3 is 2.00 bits per heavy atom. The van der Waals surface area contributed by atoms with Gasteiger partial charge >= 0.3 is 5.97 Å². The van der Waals surface area contributed by atoms with Crippen LogP contribution in [-0.4, -0.2) is 5.97 Å². The third-order valence-corrected chi connectivity index (χ3v) is 5.86. The second-order valence-electron chi connectivity index (χ2n) is 7.61. The van der Waals surface area contributed by atoms with Gasteiger partial charge in [0.05, 0.1) is 16.9 Å². The van der Waals surface area contributed by atoms with Gasteiger partial charge < -0.3 is 20.5 Å². The Bertz CT molecular complexity index is 1300. The monoisotopic (exact) mass is 406 g/mol. The molecule has 0 aromatic heterocycles. The van der Waals surface area contributed by atoms with E-state index in [2.05, 4.69) is 5.32 Å². The summed E-state index contributed by atoms with van der Waals surface area (Å²) in [5.41, 5.74) is 9.84. The number of carbonyl (C=O) groups excluding carboxylic acids is 1. The summed E-state index contributed by atoms with van der Waals surface area (Å²) in [6.07, 6.45) is 0. The van der Waals surface area contributed by atoms with Crippen LogP contribution in [0.2, 0.25) is 0 Å². The maximum Gasteiger partial charge on any atom is 0.342 e. The van der Waals surface area contributed by atoms with Crippen LogP contribution in [0.5, 0.6) is 11.5 Å². The lowest BCUT2D eigenvalue weighted by molar-refractivity contribution is 0.0225. The molecule has 31 heavy (non-hydrogen) atoms. The number of hydrogen-bond donors (Lipinski definition) is 2. The number of nitrogen functional groups attached to an aromatic ring is 1. The fraction of sp³-hybridized carbons (Fsp3) is 0.0385. The summed E-state index contributed by atoms with van der Waals surface area (Å²) in [4.78, 5) is 13.4. The normalized spacial score (nSPS) is 14.8. The van der Waals surface area contributed by atoms with Gasteiger partial charge in [-0.2, -0.15) is 0 Å². The van der Waals surface area contributed by atoms with E-state index in [1.54, 1.807) is 0 Å². The van der Waals surface area contributed by atoms with Crippen LogP contribution in [0.3, 0.4) is 0 Å². The highest BCUT2D eigenvalue weighted by molar-refractivity contribution is 6.05. The van der Waals surface area contributed by atoms with E-state index in [0.29, 0.717) is 28.4 Å². The lowest BCUT2D eigenvalue weighted by Crippen LogP contribution is -2.32. The zero-order chi connectivity index (χ0) is 21.0. The number of hydrogen-bond acceptors (Lipinski definition) is 5. The molecular weight excluding hydrogens is 388 g/mol. The highest BCUT2D eigenvalue weighted by atomic mass is 16.6. The van der Waals surface area contributed by atoms with Gasteiger partial charge in [-0.15, -0.1) is 0 Å². The van der Waals surface area contributed by atoms with E-state index in [4.69, 9.17) is 15.2 Å². The molecule has 2 heterocycles. The number of esters is 1. The maximum absolute atomic E-state index is 13.4. The Labute approximate surface area is 179 Å². The molecule has 2 aliphatic rings. The largest absolute Gasteiger partial charge is 0.456 e. The van der Waals surface area contributed by atoms with E-state index < -0.39 is 11.6 Å². The summed E-state index contributed by atoms with van der Waals surface area (Å²) in [5.74, 6) is 0.903. The van der Waals surface area contributed by atoms with Crippen LogP contribution >= 0.6 is 0 Å². The molecule has 4 aromatic rings. The highest BCUT2D eigenvalue weighted by Gasteiger charge is 2.54. The molecule has 1 spiro atoms.